The summed E-state index contributed by atoms with van der Waals surface area (Å²) in [4.78, 5) is 4.03. The van der Waals surface area contributed by atoms with Crippen molar-refractivity contribution in [3.05, 3.63) is 53.6 Å². The van der Waals surface area contributed by atoms with Gasteiger partial charge in [-0.3, -0.25) is 4.98 Å². The molecular formula is C13H8ClFN4S. The number of aromatic nitrogens is 3. The lowest BCUT2D eigenvalue weighted by atomic mass is 10.3. The van der Waals surface area contributed by atoms with Gasteiger partial charge in [0.25, 0.3) is 0 Å². The van der Waals surface area contributed by atoms with Gasteiger partial charge in [-0.15, -0.1) is 10.2 Å². The molecule has 0 radical (unpaired) electrons. The monoisotopic (exact) mass is 306 g/mol. The number of halogens is 2. The molecule has 0 bridgehead atoms. The van der Waals surface area contributed by atoms with Crippen molar-refractivity contribution in [1.82, 2.24) is 15.2 Å². The Morgan fingerprint density at radius 3 is 2.85 bits per heavy atom. The molecule has 2 heterocycles. The fourth-order valence-electron chi connectivity index (χ4n) is 1.58. The van der Waals surface area contributed by atoms with Crippen LogP contribution in [0.1, 0.15) is 0 Å². The summed E-state index contributed by atoms with van der Waals surface area (Å²) < 4.78 is 13.1. The number of hydrogen-bond acceptors (Lipinski definition) is 5. The van der Waals surface area contributed by atoms with Crippen LogP contribution in [0.5, 0.6) is 0 Å². The van der Waals surface area contributed by atoms with Crippen LogP contribution in [0.25, 0.3) is 10.6 Å². The molecule has 100 valence electrons. The highest BCUT2D eigenvalue weighted by atomic mass is 35.5. The first-order valence-corrected chi connectivity index (χ1v) is 6.88. The van der Waals surface area contributed by atoms with Crippen molar-refractivity contribution in [1.29, 1.82) is 0 Å². The SMILES string of the molecule is Fc1ccc(Nc2nnc(-c3cccnc3)s2)cc1Cl. The average Bonchev–Trinajstić information content (AvgIpc) is 2.92. The van der Waals surface area contributed by atoms with Gasteiger partial charge in [-0.2, -0.15) is 0 Å². The third kappa shape index (κ3) is 2.76. The first-order chi connectivity index (χ1) is 9.72. The Balaban J connectivity index is 1.82. The molecule has 0 amide bonds. The van der Waals surface area contributed by atoms with E-state index in [9.17, 15) is 4.39 Å². The Morgan fingerprint density at radius 1 is 1.20 bits per heavy atom. The number of anilines is 2. The molecule has 3 rings (SSSR count). The van der Waals surface area contributed by atoms with E-state index in [-0.39, 0.29) is 5.02 Å². The predicted molar refractivity (Wildman–Crippen MR) is 77.8 cm³/mol. The van der Waals surface area contributed by atoms with Crippen molar-refractivity contribution in [3.8, 4) is 10.6 Å². The lowest BCUT2D eigenvalue weighted by Crippen LogP contribution is -1.90. The summed E-state index contributed by atoms with van der Waals surface area (Å²) in [6.07, 6.45) is 3.42. The van der Waals surface area contributed by atoms with Gasteiger partial charge in [-0.25, -0.2) is 4.39 Å². The molecule has 2 aromatic heterocycles. The number of rotatable bonds is 3. The van der Waals surface area contributed by atoms with Gasteiger partial charge in [-0.1, -0.05) is 22.9 Å². The lowest BCUT2D eigenvalue weighted by molar-refractivity contribution is 0.628. The van der Waals surface area contributed by atoms with E-state index in [0.29, 0.717) is 10.8 Å². The van der Waals surface area contributed by atoms with Gasteiger partial charge in [0, 0.05) is 23.6 Å². The zero-order valence-electron chi connectivity index (χ0n) is 10.0. The van der Waals surface area contributed by atoms with Crippen molar-refractivity contribution < 1.29 is 4.39 Å². The molecule has 0 fully saturated rings. The molecule has 0 atom stereocenters. The standard InChI is InChI=1S/C13H8ClFN4S/c14-10-6-9(3-4-11(10)15)17-13-19-18-12(20-13)8-2-1-5-16-7-8/h1-7H,(H,17,19). The van der Waals surface area contributed by atoms with Gasteiger partial charge >= 0.3 is 0 Å². The molecule has 0 aliphatic carbocycles. The maximum Gasteiger partial charge on any atom is 0.210 e. The molecule has 0 unspecified atom stereocenters. The van der Waals surface area contributed by atoms with Crippen LogP contribution in [0.4, 0.5) is 15.2 Å². The summed E-state index contributed by atoms with van der Waals surface area (Å²) >= 11 is 7.11. The quantitative estimate of drug-likeness (QED) is 0.790. The maximum atomic E-state index is 13.1. The zero-order chi connectivity index (χ0) is 13.9. The number of benzene rings is 1. The topological polar surface area (TPSA) is 50.7 Å². The van der Waals surface area contributed by atoms with Crippen molar-refractivity contribution in [2.45, 2.75) is 0 Å². The molecule has 0 aliphatic rings. The third-order valence-corrected chi connectivity index (χ3v) is 3.68. The van der Waals surface area contributed by atoms with E-state index in [1.165, 1.54) is 23.5 Å². The molecule has 0 saturated heterocycles. The van der Waals surface area contributed by atoms with Crippen LogP contribution in [0, 0.1) is 5.82 Å². The summed E-state index contributed by atoms with van der Waals surface area (Å²) in [5.74, 6) is -0.453. The van der Waals surface area contributed by atoms with E-state index in [1.54, 1.807) is 18.5 Å². The predicted octanol–water partition coefficient (Wildman–Crippen LogP) is 4.14. The fraction of sp³-hybridized carbons (Fsp3) is 0. The Kier molecular flexibility index (Phi) is 3.58. The normalized spacial score (nSPS) is 10.5. The van der Waals surface area contributed by atoms with E-state index < -0.39 is 5.82 Å². The molecule has 1 N–H and O–H groups in total. The minimum absolute atomic E-state index is 0.0620. The largest absolute Gasteiger partial charge is 0.330 e. The smallest absolute Gasteiger partial charge is 0.210 e. The van der Waals surface area contributed by atoms with E-state index >= 15 is 0 Å². The third-order valence-electron chi connectivity index (χ3n) is 2.50. The molecule has 1 aromatic carbocycles. The Bertz CT molecular complexity index is 732. The zero-order valence-corrected chi connectivity index (χ0v) is 11.6. The first-order valence-electron chi connectivity index (χ1n) is 5.68. The number of pyridine rings is 1. The minimum atomic E-state index is -0.453. The van der Waals surface area contributed by atoms with Gasteiger partial charge in [0.15, 0.2) is 5.01 Å². The second-order valence-electron chi connectivity index (χ2n) is 3.91. The van der Waals surface area contributed by atoms with Crippen molar-refractivity contribution >= 4 is 33.8 Å². The summed E-state index contributed by atoms with van der Waals surface area (Å²) in [6.45, 7) is 0. The van der Waals surface area contributed by atoms with Gasteiger partial charge in [0.1, 0.15) is 5.82 Å². The average molecular weight is 307 g/mol. The van der Waals surface area contributed by atoms with Gasteiger partial charge in [-0.05, 0) is 30.3 Å². The molecular weight excluding hydrogens is 299 g/mol. The molecule has 0 saturated carbocycles. The van der Waals surface area contributed by atoms with Crippen LogP contribution in [0.15, 0.2) is 42.7 Å². The van der Waals surface area contributed by atoms with Crippen LogP contribution in [0.3, 0.4) is 0 Å². The van der Waals surface area contributed by atoms with Gasteiger partial charge in [0.05, 0.1) is 5.02 Å². The van der Waals surface area contributed by atoms with Crippen molar-refractivity contribution in [2.24, 2.45) is 0 Å². The van der Waals surface area contributed by atoms with Crippen LogP contribution in [-0.2, 0) is 0 Å². The Labute approximate surface area is 123 Å². The van der Waals surface area contributed by atoms with Gasteiger partial charge < -0.3 is 5.32 Å². The molecule has 4 nitrogen and oxygen atoms in total. The van der Waals surface area contributed by atoms with Crippen molar-refractivity contribution in [3.63, 3.8) is 0 Å². The molecule has 0 spiro atoms. The fourth-order valence-corrected chi connectivity index (χ4v) is 2.51. The van der Waals surface area contributed by atoms with Crippen LogP contribution in [0.2, 0.25) is 5.02 Å². The first kappa shape index (κ1) is 13.0. The summed E-state index contributed by atoms with van der Waals surface area (Å²) in [5, 5.41) is 12.6. The number of nitrogens with one attached hydrogen (secondary N) is 1. The summed E-state index contributed by atoms with van der Waals surface area (Å²) in [7, 11) is 0. The summed E-state index contributed by atoms with van der Waals surface area (Å²) in [5.41, 5.74) is 1.56. The Morgan fingerprint density at radius 2 is 2.10 bits per heavy atom. The highest BCUT2D eigenvalue weighted by Crippen LogP contribution is 2.28. The minimum Gasteiger partial charge on any atom is -0.330 e. The molecule has 3 aromatic rings. The number of nitrogens with zero attached hydrogens (tertiary/aromatic N) is 3. The van der Waals surface area contributed by atoms with Crippen LogP contribution >= 0.6 is 22.9 Å². The second kappa shape index (κ2) is 5.52. The lowest BCUT2D eigenvalue weighted by Gasteiger charge is -2.02. The van der Waals surface area contributed by atoms with E-state index in [4.69, 9.17) is 11.6 Å². The highest BCUT2D eigenvalue weighted by Gasteiger charge is 2.07. The van der Waals surface area contributed by atoms with E-state index in [2.05, 4.69) is 20.5 Å². The van der Waals surface area contributed by atoms with Crippen LogP contribution in [-0.4, -0.2) is 15.2 Å². The van der Waals surface area contributed by atoms with Crippen LogP contribution < -0.4 is 5.32 Å². The molecule has 0 aliphatic heterocycles. The highest BCUT2D eigenvalue weighted by molar-refractivity contribution is 7.18. The molecule has 20 heavy (non-hydrogen) atoms. The summed E-state index contributed by atoms with van der Waals surface area (Å²) in [6, 6.07) is 8.14. The molecule has 7 heteroatoms. The van der Waals surface area contributed by atoms with Gasteiger partial charge in [0.2, 0.25) is 5.13 Å². The van der Waals surface area contributed by atoms with Crippen molar-refractivity contribution in [2.75, 3.05) is 5.32 Å². The number of hydrogen-bond donors (Lipinski definition) is 1. The van der Waals surface area contributed by atoms with E-state index in [0.717, 1.165) is 10.6 Å². The Hall–Kier alpha value is -2.05. The van der Waals surface area contributed by atoms with E-state index in [1.807, 2.05) is 12.1 Å². The second-order valence-corrected chi connectivity index (χ2v) is 5.29. The maximum absolute atomic E-state index is 13.1.